The second kappa shape index (κ2) is 40.6. The lowest BCUT2D eigenvalue weighted by Crippen LogP contribution is -2.54. The summed E-state index contributed by atoms with van der Waals surface area (Å²) >= 11 is 0. The van der Waals surface area contributed by atoms with Crippen LogP contribution in [0.15, 0.2) is 0 Å². The molecule has 0 saturated heterocycles. The molecule has 0 aromatic heterocycles. The third-order valence-electron chi connectivity index (χ3n) is 6.23. The Balaban J connectivity index is -0.0000000908. The van der Waals surface area contributed by atoms with Crippen LogP contribution in [0.4, 0.5) is 0 Å². The van der Waals surface area contributed by atoms with Crippen LogP contribution in [0.2, 0.25) is 0 Å². The van der Waals surface area contributed by atoms with Gasteiger partial charge in [-0.3, -0.25) is 0 Å². The van der Waals surface area contributed by atoms with Gasteiger partial charge in [-0.05, 0) is 13.3 Å². The molecule has 378 valence electrons. The molecule has 0 heterocycles. The summed E-state index contributed by atoms with van der Waals surface area (Å²) in [4.78, 5) is 49.1. The number of carbonyl (C=O) groups is 5. The van der Waals surface area contributed by atoms with Crippen molar-refractivity contribution in [2.75, 3.05) is 171 Å². The highest BCUT2D eigenvalue weighted by atomic mass is 16.4. The monoisotopic (exact) mass is 916 g/mol. The maximum absolute atomic E-state index is 10.1. The van der Waals surface area contributed by atoms with Crippen LogP contribution >= 0.6 is 0 Å². The van der Waals surface area contributed by atoms with Crippen molar-refractivity contribution in [3.63, 3.8) is 0 Å². The molecule has 0 amide bonds. The molecule has 0 saturated carbocycles. The third-order valence-corrected chi connectivity index (χ3v) is 6.23. The lowest BCUT2D eigenvalue weighted by atomic mass is 9.96. The highest BCUT2D eigenvalue weighted by molar-refractivity contribution is 5.86. The molecule has 0 aromatic rings. The first kappa shape index (κ1) is 76.1. The molecule has 0 radical (unpaired) electrons. The van der Waals surface area contributed by atoms with Gasteiger partial charge in [0.1, 0.15) is 38.3 Å². The van der Waals surface area contributed by atoms with Crippen molar-refractivity contribution < 1.29 is 113 Å². The predicted molar refractivity (Wildman–Crippen MR) is 222 cm³/mol. The number of quaternary nitrogens is 5. The maximum atomic E-state index is 10.1. The first-order chi connectivity index (χ1) is 27.4. The standard InChI is InChI=1S/C6H8O7.5C5H14NO.2C4H8O3/c7-3(8)1-6(13,5(11)12)2-4(9)10;5*1-6(2,3)4-5-7;1-3(5)2-4(6)7;1-2-3(5)4(6)7/h13H,1-2H2,(H,7,8)(H,9,10)(H,11,12);5*7H,4-5H2,1-3H3;2*3,5H,2H2,1H3,(H,6,7)/q;5*+1;;/p-5. The lowest BCUT2D eigenvalue weighted by Gasteiger charge is -2.29. The Morgan fingerprint density at radius 3 is 0.710 bits per heavy atom. The van der Waals surface area contributed by atoms with Crippen molar-refractivity contribution in [1.29, 1.82) is 0 Å². The van der Waals surface area contributed by atoms with Gasteiger partial charge in [-0.2, -0.15) is 0 Å². The van der Waals surface area contributed by atoms with Gasteiger partial charge in [-0.25, -0.2) is 0 Å². The molecule has 62 heavy (non-hydrogen) atoms. The van der Waals surface area contributed by atoms with Crippen molar-refractivity contribution in [2.45, 2.75) is 57.3 Å². The Morgan fingerprint density at radius 2 is 0.677 bits per heavy atom. The number of aliphatic hydroxyl groups excluding tert-OH is 7. The lowest BCUT2D eigenvalue weighted by molar-refractivity contribution is -0.870. The van der Waals surface area contributed by atoms with Crippen LogP contribution in [-0.4, -0.2) is 282 Å². The van der Waals surface area contributed by atoms with E-state index in [1.54, 1.807) is 6.92 Å². The first-order valence-electron chi connectivity index (χ1n) is 19.6. The molecule has 2 unspecified atom stereocenters. The Hall–Kier alpha value is -3.17. The fraction of sp³-hybridized carbons (Fsp3) is 0.872. The number of hydrogen-bond acceptors (Lipinski definition) is 18. The van der Waals surface area contributed by atoms with E-state index in [0.29, 0.717) is 0 Å². The number of aliphatic hydroxyl groups is 8. The van der Waals surface area contributed by atoms with E-state index in [9.17, 15) is 49.5 Å². The summed E-state index contributed by atoms with van der Waals surface area (Å²) in [6.45, 7) is 8.54. The van der Waals surface area contributed by atoms with E-state index in [0.717, 1.165) is 55.1 Å². The zero-order valence-electron chi connectivity index (χ0n) is 41.0. The minimum atomic E-state index is -2.97. The Morgan fingerprint density at radius 1 is 0.468 bits per heavy atom. The van der Waals surface area contributed by atoms with Crippen LogP contribution < -0.4 is 25.5 Å². The van der Waals surface area contributed by atoms with Gasteiger partial charge in [-0.1, -0.05) is 6.92 Å². The van der Waals surface area contributed by atoms with E-state index in [1.165, 1.54) is 6.92 Å². The van der Waals surface area contributed by atoms with Gasteiger partial charge < -0.3 is 113 Å². The first-order valence-corrected chi connectivity index (χ1v) is 19.6. The fourth-order valence-corrected chi connectivity index (χ4v) is 2.59. The quantitative estimate of drug-likeness (QED) is 0.0558. The van der Waals surface area contributed by atoms with Gasteiger partial charge >= 0.3 is 0 Å². The number of aliphatic carboxylic acids is 5. The summed E-state index contributed by atoms with van der Waals surface area (Å²) in [5, 5.41) is 117. The molecule has 0 aliphatic rings. The number of hydrogen-bond donors (Lipinski definition) is 8. The van der Waals surface area contributed by atoms with Crippen molar-refractivity contribution in [2.24, 2.45) is 0 Å². The van der Waals surface area contributed by atoms with Gasteiger partial charge in [0.2, 0.25) is 0 Å². The van der Waals surface area contributed by atoms with E-state index in [1.807, 2.05) is 0 Å². The zero-order chi connectivity index (χ0) is 51.9. The van der Waals surface area contributed by atoms with E-state index in [-0.39, 0.29) is 45.9 Å². The van der Waals surface area contributed by atoms with Crippen LogP contribution in [0.25, 0.3) is 0 Å². The Labute approximate surface area is 371 Å². The molecule has 0 fully saturated rings. The summed E-state index contributed by atoms with van der Waals surface area (Å²) in [5.74, 6) is -8.60. The summed E-state index contributed by atoms with van der Waals surface area (Å²) in [6, 6.07) is 0. The van der Waals surface area contributed by atoms with Crippen LogP contribution in [0.3, 0.4) is 0 Å². The number of carboxylic acids is 5. The Bertz CT molecular complexity index is 1000. The summed E-state index contributed by atoms with van der Waals surface area (Å²) in [7, 11) is 30.8. The average Bonchev–Trinajstić information content (AvgIpc) is 2.98. The van der Waals surface area contributed by atoms with Gasteiger partial charge in [-0.15, -0.1) is 0 Å². The van der Waals surface area contributed by atoms with Gasteiger partial charge in [0.15, 0.2) is 0 Å². The normalized spacial score (nSPS) is 12.1. The van der Waals surface area contributed by atoms with Crippen LogP contribution in [0.1, 0.15) is 39.5 Å². The molecule has 0 aliphatic heterocycles. The molecule has 23 nitrogen and oxygen atoms in total. The predicted octanol–water partition coefficient (Wildman–Crippen LogP) is -9.81. The molecule has 0 bridgehead atoms. The van der Waals surface area contributed by atoms with Crippen LogP contribution in [0.5, 0.6) is 0 Å². The number of likely N-dealkylation sites (N-methyl/N-ethyl adjacent to an activating group) is 5. The number of carboxylic acid groups (broad SMARTS) is 5. The van der Waals surface area contributed by atoms with E-state index in [2.05, 4.69) is 106 Å². The fourth-order valence-electron chi connectivity index (χ4n) is 2.59. The molecular weight excluding hydrogens is 826 g/mol. The molecule has 8 N–H and O–H groups in total. The minimum absolute atomic E-state index is 0.211. The second-order valence-corrected chi connectivity index (χ2v) is 18.8. The minimum Gasteiger partial charge on any atom is -0.550 e. The number of rotatable bonds is 19. The molecule has 23 heteroatoms. The van der Waals surface area contributed by atoms with Crippen molar-refractivity contribution in [1.82, 2.24) is 0 Å². The van der Waals surface area contributed by atoms with E-state index < -0.39 is 60.5 Å². The highest BCUT2D eigenvalue weighted by Crippen LogP contribution is 2.13. The maximum Gasteiger partial charge on any atom is 0.114 e. The van der Waals surface area contributed by atoms with Crippen molar-refractivity contribution in [3.8, 4) is 0 Å². The van der Waals surface area contributed by atoms with Gasteiger partial charge in [0.25, 0.3) is 0 Å². The van der Waals surface area contributed by atoms with Crippen LogP contribution in [-0.2, 0) is 24.0 Å². The topological polar surface area (TPSA) is 362 Å². The largest absolute Gasteiger partial charge is 0.550 e. The molecule has 2 atom stereocenters. The molecule has 0 aliphatic carbocycles. The molecular formula is C39H89N5O18. The van der Waals surface area contributed by atoms with E-state index >= 15 is 0 Å². The average molecular weight is 916 g/mol. The zero-order valence-corrected chi connectivity index (χ0v) is 41.0. The summed E-state index contributed by atoms with van der Waals surface area (Å²) < 4.78 is 4.22. The smallest absolute Gasteiger partial charge is 0.114 e. The molecule has 0 aromatic carbocycles. The Kier molecular flexibility index (Phi) is 49.9. The van der Waals surface area contributed by atoms with Gasteiger partial charge in [0.05, 0.1) is 163 Å². The van der Waals surface area contributed by atoms with Crippen molar-refractivity contribution in [3.05, 3.63) is 0 Å². The van der Waals surface area contributed by atoms with Gasteiger partial charge in [0, 0.05) is 37.2 Å². The SMILES string of the molecule is CC(O)CC(=O)[O-].CCC(O)C(=O)[O-].C[N+](C)(C)CCO.C[N+](C)(C)CCO.C[N+](C)(C)CCO.C[N+](C)(C)CCO.C[N+](C)(C)CCO.O=C([O-])CC(O)(CC(=O)[O-])C(=O)[O-]. The highest BCUT2D eigenvalue weighted by Gasteiger charge is 2.29. The van der Waals surface area contributed by atoms with Crippen LogP contribution in [0, 0.1) is 0 Å². The molecule has 0 spiro atoms. The van der Waals surface area contributed by atoms with Crippen molar-refractivity contribution >= 4 is 29.8 Å². The summed E-state index contributed by atoms with van der Waals surface area (Å²) in [5.41, 5.74) is -2.97. The van der Waals surface area contributed by atoms with E-state index in [4.69, 9.17) is 40.9 Å². The number of carbonyl (C=O) groups excluding carboxylic acids is 5. The molecule has 0 rings (SSSR count). The third kappa shape index (κ3) is 96.6. The second-order valence-electron chi connectivity index (χ2n) is 18.8. The summed E-state index contributed by atoms with van der Waals surface area (Å²) in [6.07, 6.45) is -4.86. The number of nitrogens with zero attached hydrogens (tertiary/aromatic N) is 5.